The first-order valence-electron chi connectivity index (χ1n) is 8.67. The van der Waals surface area contributed by atoms with Crippen molar-refractivity contribution in [3.05, 3.63) is 59.2 Å². The van der Waals surface area contributed by atoms with Crippen molar-refractivity contribution in [1.29, 1.82) is 0 Å². The minimum atomic E-state index is -0.300. The quantitative estimate of drug-likeness (QED) is 0.764. The van der Waals surface area contributed by atoms with Crippen molar-refractivity contribution in [2.45, 2.75) is 40.2 Å². The van der Waals surface area contributed by atoms with Gasteiger partial charge in [-0.3, -0.25) is 9.59 Å². The molecule has 0 unspecified atom stereocenters. The molecule has 0 bridgehead atoms. The minimum Gasteiger partial charge on any atom is -0.376 e. The van der Waals surface area contributed by atoms with Crippen molar-refractivity contribution in [3.63, 3.8) is 0 Å². The summed E-state index contributed by atoms with van der Waals surface area (Å²) in [6, 6.07) is 13.1. The van der Waals surface area contributed by atoms with Gasteiger partial charge >= 0.3 is 0 Å². The number of hydrogen-bond donors (Lipinski definition) is 3. The molecule has 0 radical (unpaired) electrons. The number of benzene rings is 2. The Morgan fingerprint density at radius 1 is 1.00 bits per heavy atom. The van der Waals surface area contributed by atoms with Crippen LogP contribution in [0.15, 0.2) is 42.5 Å². The Balaban J connectivity index is 1.97. The molecule has 3 N–H and O–H groups in total. The number of amides is 2. The van der Waals surface area contributed by atoms with Crippen LogP contribution in [0.2, 0.25) is 0 Å². The van der Waals surface area contributed by atoms with Gasteiger partial charge in [0.05, 0.1) is 6.54 Å². The van der Waals surface area contributed by atoms with Crippen LogP contribution in [0.5, 0.6) is 0 Å². The van der Waals surface area contributed by atoms with Gasteiger partial charge in [0.25, 0.3) is 5.91 Å². The first kappa shape index (κ1) is 19.5. The van der Waals surface area contributed by atoms with Crippen molar-refractivity contribution < 1.29 is 9.59 Å². The molecule has 0 saturated carbocycles. The molecular weight excluding hydrogens is 326 g/mol. The molecule has 0 heterocycles. The van der Waals surface area contributed by atoms with E-state index in [9.17, 15) is 9.59 Å². The highest BCUT2D eigenvalue weighted by molar-refractivity contribution is 5.96. The van der Waals surface area contributed by atoms with Gasteiger partial charge in [0.2, 0.25) is 5.91 Å². The number of anilines is 2. The summed E-state index contributed by atoms with van der Waals surface area (Å²) >= 11 is 0. The summed E-state index contributed by atoms with van der Waals surface area (Å²) in [5.41, 5.74) is 3.91. The van der Waals surface area contributed by atoms with Crippen LogP contribution in [-0.2, 0) is 4.79 Å². The lowest BCUT2D eigenvalue weighted by Gasteiger charge is -2.20. The molecule has 0 saturated heterocycles. The molecule has 5 heteroatoms. The molecule has 2 rings (SSSR count). The van der Waals surface area contributed by atoms with Crippen molar-refractivity contribution >= 4 is 23.2 Å². The van der Waals surface area contributed by atoms with Crippen LogP contribution < -0.4 is 16.0 Å². The number of nitrogens with one attached hydrogen (secondary N) is 3. The van der Waals surface area contributed by atoms with Crippen LogP contribution in [0.1, 0.15) is 42.3 Å². The SMILES string of the molecule is Cc1ccc(C)c(NC(=O)CNc2cccc(C(=O)NC(C)(C)C)c2)c1. The van der Waals surface area contributed by atoms with Crippen LogP contribution in [0, 0.1) is 13.8 Å². The number of aryl methyl sites for hydroxylation is 2. The molecule has 2 amide bonds. The lowest BCUT2D eigenvalue weighted by molar-refractivity contribution is -0.114. The zero-order valence-corrected chi connectivity index (χ0v) is 16.1. The van der Waals surface area contributed by atoms with E-state index in [0.29, 0.717) is 5.56 Å². The maximum Gasteiger partial charge on any atom is 0.251 e. The standard InChI is InChI=1S/C21H27N3O2/c1-14-9-10-15(2)18(11-14)23-19(25)13-22-17-8-6-7-16(12-17)20(26)24-21(3,4)5/h6-12,22H,13H2,1-5H3,(H,23,25)(H,24,26). The molecule has 2 aromatic rings. The Kier molecular flexibility index (Phi) is 6.03. The summed E-state index contributed by atoms with van der Waals surface area (Å²) in [5, 5.41) is 8.90. The fourth-order valence-electron chi connectivity index (χ4n) is 2.43. The number of hydrogen-bond acceptors (Lipinski definition) is 3. The topological polar surface area (TPSA) is 70.2 Å². The Hall–Kier alpha value is -2.82. The van der Waals surface area contributed by atoms with E-state index in [2.05, 4.69) is 16.0 Å². The molecule has 0 aliphatic rings. The average molecular weight is 353 g/mol. The summed E-state index contributed by atoms with van der Waals surface area (Å²) in [7, 11) is 0. The number of carbonyl (C=O) groups excluding carboxylic acids is 2. The summed E-state index contributed by atoms with van der Waals surface area (Å²) in [6.07, 6.45) is 0. The third-order valence-electron chi connectivity index (χ3n) is 3.73. The molecule has 0 spiro atoms. The molecule has 0 fully saturated rings. The third-order valence-corrected chi connectivity index (χ3v) is 3.73. The first-order chi connectivity index (χ1) is 12.1. The number of carbonyl (C=O) groups is 2. The second-order valence-electron chi connectivity index (χ2n) is 7.51. The summed E-state index contributed by atoms with van der Waals surface area (Å²) in [6.45, 7) is 9.87. The second-order valence-corrected chi connectivity index (χ2v) is 7.51. The van der Waals surface area contributed by atoms with Gasteiger partial charge in [0.15, 0.2) is 0 Å². The van der Waals surface area contributed by atoms with Gasteiger partial charge in [-0.1, -0.05) is 18.2 Å². The highest BCUT2D eigenvalue weighted by Gasteiger charge is 2.15. The van der Waals surface area contributed by atoms with Gasteiger partial charge < -0.3 is 16.0 Å². The Bertz CT molecular complexity index is 807. The largest absolute Gasteiger partial charge is 0.376 e. The normalized spacial score (nSPS) is 11.0. The lowest BCUT2D eigenvalue weighted by atomic mass is 10.1. The van der Waals surface area contributed by atoms with E-state index in [1.165, 1.54) is 0 Å². The zero-order chi connectivity index (χ0) is 19.3. The predicted octanol–water partition coefficient (Wildman–Crippen LogP) is 3.88. The monoisotopic (exact) mass is 353 g/mol. The van der Waals surface area contributed by atoms with Gasteiger partial charge in [-0.2, -0.15) is 0 Å². The van der Waals surface area contributed by atoms with Gasteiger partial charge in [-0.25, -0.2) is 0 Å². The van der Waals surface area contributed by atoms with E-state index in [0.717, 1.165) is 22.5 Å². The summed E-state index contributed by atoms with van der Waals surface area (Å²) in [4.78, 5) is 24.4. The Labute approximate surface area is 155 Å². The van der Waals surface area contributed by atoms with Crippen LogP contribution in [0.25, 0.3) is 0 Å². The summed E-state index contributed by atoms with van der Waals surface area (Å²) < 4.78 is 0. The smallest absolute Gasteiger partial charge is 0.251 e. The van der Waals surface area contributed by atoms with E-state index in [1.54, 1.807) is 18.2 Å². The molecular formula is C21H27N3O2. The molecule has 0 aromatic heterocycles. The molecule has 0 aliphatic carbocycles. The zero-order valence-electron chi connectivity index (χ0n) is 16.1. The second kappa shape index (κ2) is 8.04. The maximum atomic E-state index is 12.2. The Morgan fingerprint density at radius 2 is 1.73 bits per heavy atom. The van der Waals surface area contributed by atoms with Gasteiger partial charge in [0.1, 0.15) is 0 Å². The van der Waals surface area contributed by atoms with E-state index in [1.807, 2.05) is 58.9 Å². The molecule has 2 aromatic carbocycles. The molecule has 0 aliphatic heterocycles. The van der Waals surface area contributed by atoms with Gasteiger partial charge in [-0.05, 0) is 70.0 Å². The average Bonchev–Trinajstić information content (AvgIpc) is 2.55. The fourth-order valence-corrected chi connectivity index (χ4v) is 2.43. The first-order valence-corrected chi connectivity index (χ1v) is 8.67. The van der Waals surface area contributed by atoms with Crippen LogP contribution in [0.4, 0.5) is 11.4 Å². The summed E-state index contributed by atoms with van der Waals surface area (Å²) in [5.74, 6) is -0.274. The predicted molar refractivity (Wildman–Crippen MR) is 107 cm³/mol. The lowest BCUT2D eigenvalue weighted by Crippen LogP contribution is -2.40. The van der Waals surface area contributed by atoms with E-state index < -0.39 is 0 Å². The van der Waals surface area contributed by atoms with Crippen LogP contribution in [0.3, 0.4) is 0 Å². The van der Waals surface area contributed by atoms with Gasteiger partial charge in [-0.15, -0.1) is 0 Å². The molecule has 0 atom stereocenters. The molecule has 5 nitrogen and oxygen atoms in total. The fraction of sp³-hybridized carbons (Fsp3) is 0.333. The highest BCUT2D eigenvalue weighted by Crippen LogP contribution is 2.16. The van der Waals surface area contributed by atoms with Gasteiger partial charge in [0, 0.05) is 22.5 Å². The van der Waals surface area contributed by atoms with Crippen molar-refractivity contribution in [2.75, 3.05) is 17.2 Å². The van der Waals surface area contributed by atoms with E-state index >= 15 is 0 Å². The van der Waals surface area contributed by atoms with Crippen molar-refractivity contribution in [2.24, 2.45) is 0 Å². The van der Waals surface area contributed by atoms with E-state index in [-0.39, 0.29) is 23.9 Å². The maximum absolute atomic E-state index is 12.2. The number of rotatable bonds is 5. The van der Waals surface area contributed by atoms with Crippen molar-refractivity contribution in [1.82, 2.24) is 5.32 Å². The van der Waals surface area contributed by atoms with E-state index in [4.69, 9.17) is 0 Å². The minimum absolute atomic E-state index is 0.123. The molecule has 138 valence electrons. The third kappa shape index (κ3) is 5.92. The Morgan fingerprint density at radius 3 is 2.42 bits per heavy atom. The highest BCUT2D eigenvalue weighted by atomic mass is 16.2. The van der Waals surface area contributed by atoms with Crippen LogP contribution in [-0.4, -0.2) is 23.9 Å². The van der Waals surface area contributed by atoms with Crippen LogP contribution >= 0.6 is 0 Å². The molecule has 26 heavy (non-hydrogen) atoms. The van der Waals surface area contributed by atoms with Crippen molar-refractivity contribution in [3.8, 4) is 0 Å².